The summed E-state index contributed by atoms with van der Waals surface area (Å²) in [6.45, 7) is 1.42. The summed E-state index contributed by atoms with van der Waals surface area (Å²) < 4.78 is 0. The molecule has 32 heavy (non-hydrogen) atoms. The molecule has 0 aromatic heterocycles. The molecule has 0 fully saturated rings. The summed E-state index contributed by atoms with van der Waals surface area (Å²) in [7, 11) is 0. The molecule has 0 bridgehead atoms. The van der Waals surface area contributed by atoms with E-state index in [0.717, 1.165) is 0 Å². The number of hydrogen-bond donors (Lipinski definition) is 9. The molecule has 0 rings (SSSR count). The fourth-order valence-corrected chi connectivity index (χ4v) is 2.50. The number of primary amides is 1. The first-order valence-corrected chi connectivity index (χ1v) is 10.4. The molecule has 0 heterocycles. The highest BCUT2D eigenvalue weighted by Gasteiger charge is 2.29. The van der Waals surface area contributed by atoms with E-state index in [1.165, 1.54) is 6.92 Å². The molecule has 4 amide bonds. The van der Waals surface area contributed by atoms with Gasteiger partial charge >= 0.3 is 5.97 Å². The van der Waals surface area contributed by atoms with Gasteiger partial charge in [0.15, 0.2) is 5.96 Å². The number of amides is 4. The lowest BCUT2D eigenvalue weighted by atomic mass is 10.1. The molecule has 0 aromatic rings. The smallest absolute Gasteiger partial charge is 0.325 e. The van der Waals surface area contributed by atoms with Crippen LogP contribution in [-0.2, 0) is 24.0 Å². The minimum absolute atomic E-state index is 0.0326. The highest BCUT2D eigenvalue weighted by atomic mass is 32.1. The number of carbonyl (C=O) groups excluding carboxylic acids is 4. The molecule has 0 spiro atoms. The summed E-state index contributed by atoms with van der Waals surface area (Å²) >= 11 is 3.94. The second-order valence-corrected chi connectivity index (χ2v) is 7.30. The van der Waals surface area contributed by atoms with Crippen molar-refractivity contribution in [2.24, 2.45) is 27.9 Å². The number of nitrogens with zero attached hydrogens (tertiary/aromatic N) is 1. The number of carbonyl (C=O) groups is 5. The van der Waals surface area contributed by atoms with Crippen LogP contribution in [0.1, 0.15) is 32.6 Å². The highest BCUT2D eigenvalue weighted by Crippen LogP contribution is 2.04. The van der Waals surface area contributed by atoms with Crippen molar-refractivity contribution in [3.8, 4) is 0 Å². The van der Waals surface area contributed by atoms with Crippen molar-refractivity contribution in [2.75, 3.05) is 12.3 Å². The Balaban J connectivity index is 5.43. The third-order valence-corrected chi connectivity index (χ3v) is 4.55. The normalized spacial score (nSPS) is 14.2. The molecule has 14 nitrogen and oxygen atoms in total. The third kappa shape index (κ3) is 11.9. The number of nitrogens with two attached hydrogens (primary N) is 4. The molecule has 0 aliphatic rings. The van der Waals surface area contributed by atoms with Gasteiger partial charge < -0.3 is 44.0 Å². The Labute approximate surface area is 190 Å². The molecule has 0 aliphatic heterocycles. The fourth-order valence-electron chi connectivity index (χ4n) is 2.34. The second kappa shape index (κ2) is 14.9. The molecule has 0 saturated heterocycles. The molecule has 15 heteroatoms. The van der Waals surface area contributed by atoms with Gasteiger partial charge in [0.25, 0.3) is 0 Å². The Hall–Kier alpha value is -3.07. The van der Waals surface area contributed by atoms with Crippen LogP contribution in [0.15, 0.2) is 4.99 Å². The molecule has 0 radical (unpaired) electrons. The predicted molar refractivity (Wildman–Crippen MR) is 119 cm³/mol. The SMILES string of the molecule is CC(NC(=O)C(CCC(N)=O)NC(=O)C(CCCN=C(N)N)NC(=O)C(N)CS)C(=O)O. The van der Waals surface area contributed by atoms with Gasteiger partial charge in [-0.15, -0.1) is 0 Å². The van der Waals surface area contributed by atoms with Crippen molar-refractivity contribution < 1.29 is 29.1 Å². The quantitative estimate of drug-likeness (QED) is 0.0483. The second-order valence-electron chi connectivity index (χ2n) is 6.93. The van der Waals surface area contributed by atoms with Crippen LogP contribution in [0.5, 0.6) is 0 Å². The first-order chi connectivity index (χ1) is 14.9. The van der Waals surface area contributed by atoms with E-state index in [0.29, 0.717) is 6.42 Å². The Kier molecular flexibility index (Phi) is 13.4. The van der Waals surface area contributed by atoms with Gasteiger partial charge in [0, 0.05) is 18.7 Å². The average molecular weight is 477 g/mol. The van der Waals surface area contributed by atoms with E-state index in [1.54, 1.807) is 0 Å². The Bertz CT molecular complexity index is 715. The van der Waals surface area contributed by atoms with Crippen LogP contribution in [0.2, 0.25) is 0 Å². The largest absolute Gasteiger partial charge is 0.480 e. The summed E-state index contributed by atoms with van der Waals surface area (Å²) in [4.78, 5) is 63.3. The van der Waals surface area contributed by atoms with Gasteiger partial charge in [0.2, 0.25) is 23.6 Å². The first-order valence-electron chi connectivity index (χ1n) is 9.73. The molecular formula is C17H32N8O6S. The maximum Gasteiger partial charge on any atom is 0.325 e. The molecule has 4 unspecified atom stereocenters. The van der Waals surface area contributed by atoms with Crippen molar-refractivity contribution in [3.05, 3.63) is 0 Å². The summed E-state index contributed by atoms with van der Waals surface area (Å²) in [5, 5.41) is 16.1. The van der Waals surface area contributed by atoms with Crippen LogP contribution in [0.4, 0.5) is 0 Å². The van der Waals surface area contributed by atoms with Crippen molar-refractivity contribution in [1.29, 1.82) is 0 Å². The minimum Gasteiger partial charge on any atom is -0.480 e. The van der Waals surface area contributed by atoms with Crippen LogP contribution in [0, 0.1) is 0 Å². The minimum atomic E-state index is -1.29. The predicted octanol–water partition coefficient (Wildman–Crippen LogP) is -3.88. The van der Waals surface area contributed by atoms with Gasteiger partial charge in [-0.3, -0.25) is 29.0 Å². The number of guanidine groups is 1. The zero-order valence-corrected chi connectivity index (χ0v) is 18.6. The van der Waals surface area contributed by atoms with Crippen molar-refractivity contribution in [2.45, 2.75) is 56.8 Å². The van der Waals surface area contributed by atoms with Crippen molar-refractivity contribution in [1.82, 2.24) is 16.0 Å². The Morgan fingerprint density at radius 3 is 1.97 bits per heavy atom. The van der Waals surface area contributed by atoms with Gasteiger partial charge in [0.1, 0.15) is 18.1 Å². The monoisotopic (exact) mass is 476 g/mol. The van der Waals surface area contributed by atoms with Crippen LogP contribution in [-0.4, -0.2) is 77.1 Å². The molecule has 0 aliphatic carbocycles. The summed E-state index contributed by atoms with van der Waals surface area (Å²) in [5.41, 5.74) is 21.2. The average Bonchev–Trinajstić information content (AvgIpc) is 2.71. The number of carboxylic acid groups (broad SMARTS) is 1. The summed E-state index contributed by atoms with van der Waals surface area (Å²) in [5.74, 6) is -4.32. The number of carboxylic acids is 1. The fraction of sp³-hybridized carbons (Fsp3) is 0.647. The van der Waals surface area contributed by atoms with E-state index in [4.69, 9.17) is 28.0 Å². The van der Waals surface area contributed by atoms with Crippen molar-refractivity contribution >= 4 is 48.2 Å². The molecule has 12 N–H and O–H groups in total. The number of nitrogens with one attached hydrogen (secondary N) is 3. The standard InChI is InChI=1S/C17H32N8O6S/c1-8(16(30)31)23-14(28)11(4-5-12(19)26)25-15(29)10(3-2-6-22-17(20)21)24-13(27)9(18)7-32/h8-11,32H,2-7,18H2,1H3,(H2,19,26)(H,23,28)(H,24,27)(H,25,29)(H,30,31)(H4,20,21,22). The maximum absolute atomic E-state index is 12.8. The van der Waals surface area contributed by atoms with Crippen LogP contribution in [0.3, 0.4) is 0 Å². The maximum atomic E-state index is 12.8. The number of aliphatic carboxylic acids is 1. The lowest BCUT2D eigenvalue weighted by molar-refractivity contribution is -0.142. The molecular weight excluding hydrogens is 444 g/mol. The van der Waals surface area contributed by atoms with E-state index in [9.17, 15) is 24.0 Å². The van der Waals surface area contributed by atoms with Crippen molar-refractivity contribution in [3.63, 3.8) is 0 Å². The van der Waals surface area contributed by atoms with E-state index < -0.39 is 53.8 Å². The zero-order valence-electron chi connectivity index (χ0n) is 17.7. The van der Waals surface area contributed by atoms with E-state index in [-0.39, 0.29) is 37.5 Å². The lowest BCUT2D eigenvalue weighted by Gasteiger charge is -2.24. The Morgan fingerprint density at radius 2 is 1.47 bits per heavy atom. The number of rotatable bonds is 15. The van der Waals surface area contributed by atoms with Gasteiger partial charge in [-0.2, -0.15) is 12.6 Å². The van der Waals surface area contributed by atoms with Gasteiger partial charge in [0.05, 0.1) is 6.04 Å². The molecule has 182 valence electrons. The topological polar surface area (TPSA) is 258 Å². The van der Waals surface area contributed by atoms with Crippen LogP contribution >= 0.6 is 12.6 Å². The summed E-state index contributed by atoms with van der Waals surface area (Å²) in [6.07, 6.45) is -0.0140. The summed E-state index contributed by atoms with van der Waals surface area (Å²) in [6, 6.07) is -4.59. The van der Waals surface area contributed by atoms with Gasteiger partial charge in [-0.25, -0.2) is 0 Å². The molecule has 0 aromatic carbocycles. The third-order valence-electron chi connectivity index (χ3n) is 4.15. The number of aliphatic imine (C=N–C) groups is 1. The Morgan fingerprint density at radius 1 is 0.938 bits per heavy atom. The van der Waals surface area contributed by atoms with E-state index in [1.807, 2.05) is 0 Å². The van der Waals surface area contributed by atoms with E-state index >= 15 is 0 Å². The van der Waals surface area contributed by atoms with Gasteiger partial charge in [-0.05, 0) is 26.2 Å². The molecule has 4 atom stereocenters. The van der Waals surface area contributed by atoms with Gasteiger partial charge in [-0.1, -0.05) is 0 Å². The zero-order chi connectivity index (χ0) is 24.8. The first kappa shape index (κ1) is 28.9. The number of hydrogen-bond acceptors (Lipinski definition) is 8. The van der Waals surface area contributed by atoms with Crippen LogP contribution in [0.25, 0.3) is 0 Å². The highest BCUT2D eigenvalue weighted by molar-refractivity contribution is 7.80. The number of thiol groups is 1. The lowest BCUT2D eigenvalue weighted by Crippen LogP contribution is -2.57. The van der Waals surface area contributed by atoms with Crippen LogP contribution < -0.4 is 38.9 Å². The van der Waals surface area contributed by atoms with E-state index in [2.05, 4.69) is 33.6 Å². The molecule has 0 saturated carbocycles.